The largest absolute Gasteiger partial charge is 0.475 e. The minimum atomic E-state index is 0.240. The molecule has 2 nitrogen and oxygen atoms in total. The standard InChI is InChI=1S/C14H23NO/c1-5-6-13-7-8-14(15-10-13)16-12(4)9-11(2)3/h7-8,10-12H,5-6,9H2,1-4H3/t12-/m0/s1. The van der Waals surface area contributed by atoms with Crippen LogP contribution >= 0.6 is 0 Å². The molecule has 0 saturated carbocycles. The van der Waals surface area contributed by atoms with Gasteiger partial charge >= 0.3 is 0 Å². The zero-order valence-electron chi connectivity index (χ0n) is 10.9. The first-order valence-electron chi connectivity index (χ1n) is 6.23. The second-order valence-electron chi connectivity index (χ2n) is 4.81. The van der Waals surface area contributed by atoms with Crippen LogP contribution in [0.3, 0.4) is 0 Å². The number of ether oxygens (including phenoxy) is 1. The predicted octanol–water partition coefficient (Wildman–Crippen LogP) is 3.85. The van der Waals surface area contributed by atoms with Crippen molar-refractivity contribution in [3.63, 3.8) is 0 Å². The van der Waals surface area contributed by atoms with Crippen molar-refractivity contribution >= 4 is 0 Å². The first kappa shape index (κ1) is 13.0. The molecule has 0 saturated heterocycles. The molecule has 1 atom stereocenters. The molecule has 2 heteroatoms. The molecule has 1 aromatic rings. The molecule has 0 spiro atoms. The first-order valence-corrected chi connectivity index (χ1v) is 6.23. The Morgan fingerprint density at radius 2 is 2.00 bits per heavy atom. The van der Waals surface area contributed by atoms with Crippen molar-refractivity contribution in [2.45, 2.75) is 53.1 Å². The van der Waals surface area contributed by atoms with Gasteiger partial charge in [0, 0.05) is 12.3 Å². The molecule has 0 radical (unpaired) electrons. The van der Waals surface area contributed by atoms with E-state index in [1.165, 1.54) is 5.56 Å². The summed E-state index contributed by atoms with van der Waals surface area (Å²) in [5.41, 5.74) is 1.28. The van der Waals surface area contributed by atoms with Crippen molar-refractivity contribution in [2.24, 2.45) is 5.92 Å². The van der Waals surface area contributed by atoms with Crippen molar-refractivity contribution in [2.75, 3.05) is 0 Å². The smallest absolute Gasteiger partial charge is 0.213 e. The van der Waals surface area contributed by atoms with Crippen LogP contribution in [0.4, 0.5) is 0 Å². The molecule has 0 fully saturated rings. The van der Waals surface area contributed by atoms with Gasteiger partial charge < -0.3 is 4.74 Å². The Morgan fingerprint density at radius 1 is 1.25 bits per heavy atom. The second-order valence-corrected chi connectivity index (χ2v) is 4.81. The Labute approximate surface area is 99.0 Å². The molecule has 0 N–H and O–H groups in total. The average molecular weight is 221 g/mol. The van der Waals surface area contributed by atoms with E-state index in [2.05, 4.69) is 38.7 Å². The zero-order valence-corrected chi connectivity index (χ0v) is 10.9. The molecule has 1 rings (SSSR count). The minimum Gasteiger partial charge on any atom is -0.475 e. The topological polar surface area (TPSA) is 22.1 Å². The summed E-state index contributed by atoms with van der Waals surface area (Å²) in [5.74, 6) is 1.40. The molecule has 0 aliphatic heterocycles. The highest BCUT2D eigenvalue weighted by Crippen LogP contribution is 2.14. The van der Waals surface area contributed by atoms with Crippen LogP contribution in [0.25, 0.3) is 0 Å². The maximum absolute atomic E-state index is 5.75. The van der Waals surface area contributed by atoms with Crippen LogP contribution < -0.4 is 4.74 Å². The molecule has 16 heavy (non-hydrogen) atoms. The lowest BCUT2D eigenvalue weighted by Crippen LogP contribution is -2.15. The fourth-order valence-corrected chi connectivity index (χ4v) is 1.84. The summed E-state index contributed by atoms with van der Waals surface area (Å²) < 4.78 is 5.75. The lowest BCUT2D eigenvalue weighted by Gasteiger charge is -2.15. The van der Waals surface area contributed by atoms with Crippen molar-refractivity contribution in [3.8, 4) is 5.88 Å². The van der Waals surface area contributed by atoms with Crippen LogP contribution in [-0.2, 0) is 6.42 Å². The van der Waals surface area contributed by atoms with Crippen LogP contribution in [0.5, 0.6) is 5.88 Å². The molecule has 0 amide bonds. The van der Waals surface area contributed by atoms with Crippen molar-refractivity contribution < 1.29 is 4.74 Å². The van der Waals surface area contributed by atoms with E-state index < -0.39 is 0 Å². The van der Waals surface area contributed by atoms with Gasteiger partial charge in [-0.1, -0.05) is 33.3 Å². The molecule has 0 aliphatic carbocycles. The molecule has 90 valence electrons. The molecule has 1 aromatic heterocycles. The highest BCUT2D eigenvalue weighted by atomic mass is 16.5. The van der Waals surface area contributed by atoms with Gasteiger partial charge in [0.05, 0.1) is 6.10 Å². The summed E-state index contributed by atoms with van der Waals surface area (Å²) in [6.45, 7) is 8.69. The molecular weight excluding hydrogens is 198 g/mol. The first-order chi connectivity index (χ1) is 7.61. The fraction of sp³-hybridized carbons (Fsp3) is 0.643. The van der Waals surface area contributed by atoms with Gasteiger partial charge in [-0.25, -0.2) is 4.98 Å². The van der Waals surface area contributed by atoms with Gasteiger partial charge in [-0.3, -0.25) is 0 Å². The minimum absolute atomic E-state index is 0.240. The summed E-state index contributed by atoms with van der Waals surface area (Å²) in [6, 6.07) is 4.08. The van der Waals surface area contributed by atoms with E-state index in [4.69, 9.17) is 4.74 Å². The number of pyridine rings is 1. The Morgan fingerprint density at radius 3 is 2.50 bits per heavy atom. The fourth-order valence-electron chi connectivity index (χ4n) is 1.84. The van der Waals surface area contributed by atoms with Crippen molar-refractivity contribution in [3.05, 3.63) is 23.9 Å². The van der Waals surface area contributed by atoms with E-state index in [-0.39, 0.29) is 6.10 Å². The van der Waals surface area contributed by atoms with Crippen LogP contribution in [-0.4, -0.2) is 11.1 Å². The Bertz CT molecular complexity index is 292. The van der Waals surface area contributed by atoms with Crippen LogP contribution in [0.1, 0.15) is 46.1 Å². The Balaban J connectivity index is 2.48. The molecule has 0 aliphatic rings. The highest BCUT2D eigenvalue weighted by Gasteiger charge is 2.07. The van der Waals surface area contributed by atoms with E-state index in [0.29, 0.717) is 5.92 Å². The average Bonchev–Trinajstić information content (AvgIpc) is 2.20. The Kier molecular flexibility index (Phi) is 5.30. The molecule has 0 aromatic carbocycles. The SMILES string of the molecule is CCCc1ccc(O[C@@H](C)CC(C)C)nc1. The van der Waals surface area contributed by atoms with E-state index in [1.54, 1.807) is 0 Å². The van der Waals surface area contributed by atoms with Crippen LogP contribution in [0, 0.1) is 5.92 Å². The van der Waals surface area contributed by atoms with Gasteiger partial charge in [0.1, 0.15) is 0 Å². The van der Waals surface area contributed by atoms with E-state index in [0.717, 1.165) is 25.1 Å². The van der Waals surface area contributed by atoms with E-state index >= 15 is 0 Å². The molecule has 0 unspecified atom stereocenters. The number of rotatable bonds is 6. The lowest BCUT2D eigenvalue weighted by molar-refractivity contribution is 0.185. The van der Waals surface area contributed by atoms with Gasteiger partial charge in [-0.05, 0) is 31.2 Å². The summed E-state index contributed by atoms with van der Waals surface area (Å²) in [6.07, 6.45) is 5.48. The van der Waals surface area contributed by atoms with Crippen molar-refractivity contribution in [1.82, 2.24) is 4.98 Å². The van der Waals surface area contributed by atoms with Crippen LogP contribution in [0.2, 0.25) is 0 Å². The highest BCUT2D eigenvalue weighted by molar-refractivity contribution is 5.18. The number of hydrogen-bond acceptors (Lipinski definition) is 2. The van der Waals surface area contributed by atoms with Gasteiger partial charge in [0.2, 0.25) is 5.88 Å². The quantitative estimate of drug-likeness (QED) is 0.728. The van der Waals surface area contributed by atoms with Crippen molar-refractivity contribution in [1.29, 1.82) is 0 Å². The molecular formula is C14H23NO. The summed E-state index contributed by atoms with van der Waals surface area (Å²) in [7, 11) is 0. The monoisotopic (exact) mass is 221 g/mol. The summed E-state index contributed by atoms with van der Waals surface area (Å²) in [4.78, 5) is 4.32. The third kappa shape index (κ3) is 4.65. The van der Waals surface area contributed by atoms with Gasteiger partial charge in [0.25, 0.3) is 0 Å². The number of aryl methyl sites for hydroxylation is 1. The maximum Gasteiger partial charge on any atom is 0.213 e. The second kappa shape index (κ2) is 6.51. The van der Waals surface area contributed by atoms with E-state index in [1.807, 2.05) is 12.3 Å². The third-order valence-corrected chi connectivity index (χ3v) is 2.46. The number of aromatic nitrogens is 1. The molecule has 0 bridgehead atoms. The number of nitrogens with zero attached hydrogens (tertiary/aromatic N) is 1. The van der Waals surface area contributed by atoms with Gasteiger partial charge in [-0.15, -0.1) is 0 Å². The third-order valence-electron chi connectivity index (χ3n) is 2.46. The van der Waals surface area contributed by atoms with E-state index in [9.17, 15) is 0 Å². The maximum atomic E-state index is 5.75. The van der Waals surface area contributed by atoms with Gasteiger partial charge in [-0.2, -0.15) is 0 Å². The molecule has 1 heterocycles. The zero-order chi connectivity index (χ0) is 12.0. The normalized spacial score (nSPS) is 12.8. The Hall–Kier alpha value is -1.05. The lowest BCUT2D eigenvalue weighted by atomic mass is 10.1. The van der Waals surface area contributed by atoms with Gasteiger partial charge in [0.15, 0.2) is 0 Å². The summed E-state index contributed by atoms with van der Waals surface area (Å²) in [5, 5.41) is 0. The predicted molar refractivity (Wildman–Crippen MR) is 67.8 cm³/mol. The summed E-state index contributed by atoms with van der Waals surface area (Å²) >= 11 is 0. The number of hydrogen-bond donors (Lipinski definition) is 0. The van der Waals surface area contributed by atoms with Crippen LogP contribution in [0.15, 0.2) is 18.3 Å².